The predicted octanol–water partition coefficient (Wildman–Crippen LogP) is 1.81. The van der Waals surface area contributed by atoms with Gasteiger partial charge in [-0.1, -0.05) is 0 Å². The summed E-state index contributed by atoms with van der Waals surface area (Å²) in [5, 5.41) is 3.41. The zero-order valence-electron chi connectivity index (χ0n) is 8.21. The van der Waals surface area contributed by atoms with Gasteiger partial charge in [-0.2, -0.15) is 11.8 Å². The van der Waals surface area contributed by atoms with E-state index in [1.54, 1.807) is 6.20 Å². The number of hydrogen-bond donors (Lipinski definition) is 2. The van der Waals surface area contributed by atoms with Crippen molar-refractivity contribution in [1.82, 2.24) is 15.3 Å². The zero-order valence-corrected chi connectivity index (χ0v) is 9.03. The number of imidazole rings is 1. The monoisotopic (exact) mass is 199 g/mol. The lowest BCUT2D eigenvalue weighted by atomic mass is 10.3. The smallest absolute Gasteiger partial charge is 0.122 e. The van der Waals surface area contributed by atoms with Gasteiger partial charge in [0.05, 0.1) is 6.04 Å². The Morgan fingerprint density at radius 3 is 3.15 bits per heavy atom. The molecule has 74 valence electrons. The molecule has 0 radical (unpaired) electrons. The van der Waals surface area contributed by atoms with E-state index in [2.05, 4.69) is 28.5 Å². The minimum absolute atomic E-state index is 0.330. The van der Waals surface area contributed by atoms with Gasteiger partial charge in [-0.25, -0.2) is 4.98 Å². The third kappa shape index (κ3) is 3.83. The van der Waals surface area contributed by atoms with Crippen molar-refractivity contribution >= 4 is 11.8 Å². The maximum absolute atomic E-state index is 4.19. The number of thioether (sulfide) groups is 1. The molecule has 0 saturated carbocycles. The molecule has 0 aliphatic carbocycles. The summed E-state index contributed by atoms with van der Waals surface area (Å²) < 4.78 is 0. The van der Waals surface area contributed by atoms with Gasteiger partial charge in [0, 0.05) is 12.4 Å². The van der Waals surface area contributed by atoms with Crippen LogP contribution in [0.25, 0.3) is 0 Å². The number of nitrogens with zero attached hydrogens (tertiary/aromatic N) is 1. The predicted molar refractivity (Wildman–Crippen MR) is 58.0 cm³/mol. The van der Waals surface area contributed by atoms with Crippen LogP contribution >= 0.6 is 11.8 Å². The van der Waals surface area contributed by atoms with Crippen molar-refractivity contribution in [2.24, 2.45) is 0 Å². The Balaban J connectivity index is 2.15. The molecule has 13 heavy (non-hydrogen) atoms. The molecular formula is C9H17N3S. The summed E-state index contributed by atoms with van der Waals surface area (Å²) >= 11 is 1.89. The Labute approximate surface area is 83.7 Å². The molecule has 1 unspecified atom stereocenters. The fourth-order valence-corrected chi connectivity index (χ4v) is 1.58. The topological polar surface area (TPSA) is 40.7 Å². The molecule has 2 N–H and O–H groups in total. The number of aromatic amines is 1. The summed E-state index contributed by atoms with van der Waals surface area (Å²) in [6.45, 7) is 3.18. The zero-order chi connectivity index (χ0) is 9.52. The number of hydrogen-bond acceptors (Lipinski definition) is 3. The fourth-order valence-electron chi connectivity index (χ4n) is 1.15. The lowest BCUT2D eigenvalue weighted by Gasteiger charge is -2.10. The Morgan fingerprint density at radius 1 is 1.69 bits per heavy atom. The Hall–Kier alpha value is -0.480. The molecule has 1 aromatic heterocycles. The van der Waals surface area contributed by atoms with Crippen molar-refractivity contribution in [2.75, 3.05) is 18.6 Å². The standard InChI is InChI=1S/C9H17N3S/c1-8(9-11-5-6-12-9)10-4-3-7-13-2/h5-6,8,10H,3-4,7H2,1-2H3,(H,11,12). The van der Waals surface area contributed by atoms with Crippen LogP contribution in [0.5, 0.6) is 0 Å². The van der Waals surface area contributed by atoms with Crippen molar-refractivity contribution < 1.29 is 0 Å². The van der Waals surface area contributed by atoms with Crippen LogP contribution in [0.15, 0.2) is 12.4 Å². The van der Waals surface area contributed by atoms with Crippen LogP contribution in [0.3, 0.4) is 0 Å². The van der Waals surface area contributed by atoms with Crippen molar-refractivity contribution in [2.45, 2.75) is 19.4 Å². The minimum atomic E-state index is 0.330. The van der Waals surface area contributed by atoms with E-state index in [4.69, 9.17) is 0 Å². The first-order valence-corrected chi connectivity index (χ1v) is 5.95. The molecule has 0 amide bonds. The average molecular weight is 199 g/mol. The maximum atomic E-state index is 4.19. The fraction of sp³-hybridized carbons (Fsp3) is 0.667. The van der Waals surface area contributed by atoms with E-state index in [1.807, 2.05) is 18.0 Å². The first kappa shape index (κ1) is 10.6. The molecule has 0 aromatic carbocycles. The van der Waals surface area contributed by atoms with Gasteiger partial charge in [0.15, 0.2) is 0 Å². The van der Waals surface area contributed by atoms with Crippen molar-refractivity contribution in [3.05, 3.63) is 18.2 Å². The number of H-pyrrole nitrogens is 1. The minimum Gasteiger partial charge on any atom is -0.347 e. The molecule has 1 heterocycles. The van der Waals surface area contributed by atoms with Gasteiger partial charge in [0.2, 0.25) is 0 Å². The van der Waals surface area contributed by atoms with Gasteiger partial charge in [0.1, 0.15) is 5.82 Å². The highest BCUT2D eigenvalue weighted by Gasteiger charge is 2.04. The van der Waals surface area contributed by atoms with Crippen LogP contribution in [0.1, 0.15) is 25.2 Å². The molecule has 0 saturated heterocycles. The average Bonchev–Trinajstić information content (AvgIpc) is 2.65. The molecule has 4 heteroatoms. The Morgan fingerprint density at radius 2 is 2.54 bits per heavy atom. The van der Waals surface area contributed by atoms with Crippen molar-refractivity contribution in [1.29, 1.82) is 0 Å². The molecular weight excluding hydrogens is 182 g/mol. The summed E-state index contributed by atoms with van der Waals surface area (Å²) in [5.41, 5.74) is 0. The number of aromatic nitrogens is 2. The van der Waals surface area contributed by atoms with Crippen LogP contribution in [0, 0.1) is 0 Å². The van der Waals surface area contributed by atoms with Gasteiger partial charge in [-0.05, 0) is 31.9 Å². The van der Waals surface area contributed by atoms with Crippen LogP contribution in [0.4, 0.5) is 0 Å². The molecule has 0 spiro atoms. The molecule has 1 aromatic rings. The van der Waals surface area contributed by atoms with Gasteiger partial charge in [-0.3, -0.25) is 0 Å². The first-order chi connectivity index (χ1) is 6.34. The third-order valence-corrected chi connectivity index (χ3v) is 2.60. The summed E-state index contributed by atoms with van der Waals surface area (Å²) in [6, 6.07) is 0.330. The first-order valence-electron chi connectivity index (χ1n) is 4.56. The van der Waals surface area contributed by atoms with E-state index in [1.165, 1.54) is 12.2 Å². The lowest BCUT2D eigenvalue weighted by Crippen LogP contribution is -2.21. The van der Waals surface area contributed by atoms with E-state index in [0.717, 1.165) is 12.4 Å². The highest BCUT2D eigenvalue weighted by Crippen LogP contribution is 2.05. The van der Waals surface area contributed by atoms with Crippen LogP contribution < -0.4 is 5.32 Å². The largest absolute Gasteiger partial charge is 0.347 e. The second kappa shape index (κ2) is 6.05. The highest BCUT2D eigenvalue weighted by molar-refractivity contribution is 7.98. The quantitative estimate of drug-likeness (QED) is 0.687. The summed E-state index contributed by atoms with van der Waals surface area (Å²) in [6.07, 6.45) is 6.99. The second-order valence-corrected chi connectivity index (χ2v) is 3.98. The van der Waals surface area contributed by atoms with E-state index in [-0.39, 0.29) is 0 Å². The highest BCUT2D eigenvalue weighted by atomic mass is 32.2. The molecule has 3 nitrogen and oxygen atoms in total. The van der Waals surface area contributed by atoms with E-state index in [9.17, 15) is 0 Å². The molecule has 0 bridgehead atoms. The normalized spacial score (nSPS) is 13.1. The Bertz CT molecular complexity index is 211. The van der Waals surface area contributed by atoms with Gasteiger partial charge in [-0.15, -0.1) is 0 Å². The van der Waals surface area contributed by atoms with Crippen LogP contribution in [0.2, 0.25) is 0 Å². The lowest BCUT2D eigenvalue weighted by molar-refractivity contribution is 0.550. The second-order valence-electron chi connectivity index (χ2n) is 3.00. The summed E-state index contributed by atoms with van der Waals surface area (Å²) in [4.78, 5) is 7.29. The molecule has 1 rings (SSSR count). The van der Waals surface area contributed by atoms with Gasteiger partial charge >= 0.3 is 0 Å². The van der Waals surface area contributed by atoms with Crippen molar-refractivity contribution in [3.63, 3.8) is 0 Å². The molecule has 1 atom stereocenters. The van der Waals surface area contributed by atoms with E-state index < -0.39 is 0 Å². The molecule has 0 fully saturated rings. The number of rotatable bonds is 6. The van der Waals surface area contributed by atoms with Gasteiger partial charge < -0.3 is 10.3 Å². The SMILES string of the molecule is CSCCCNC(C)c1ncc[nH]1. The molecule has 0 aliphatic heterocycles. The Kier molecular flexibility index (Phi) is 4.93. The van der Waals surface area contributed by atoms with Crippen LogP contribution in [-0.2, 0) is 0 Å². The van der Waals surface area contributed by atoms with Crippen molar-refractivity contribution in [3.8, 4) is 0 Å². The third-order valence-electron chi connectivity index (χ3n) is 1.91. The number of nitrogens with one attached hydrogen (secondary N) is 2. The molecule has 0 aliphatic rings. The summed E-state index contributed by atoms with van der Waals surface area (Å²) in [5.74, 6) is 2.24. The maximum Gasteiger partial charge on any atom is 0.122 e. The van der Waals surface area contributed by atoms with E-state index >= 15 is 0 Å². The summed E-state index contributed by atoms with van der Waals surface area (Å²) in [7, 11) is 0. The van der Waals surface area contributed by atoms with E-state index in [0.29, 0.717) is 6.04 Å². The van der Waals surface area contributed by atoms with Gasteiger partial charge in [0.25, 0.3) is 0 Å². The van der Waals surface area contributed by atoms with Crippen LogP contribution in [-0.4, -0.2) is 28.5 Å².